The van der Waals surface area contributed by atoms with E-state index in [0.717, 1.165) is 11.1 Å². The highest BCUT2D eigenvalue weighted by atomic mass is 16.5. The molecule has 0 bridgehead atoms. The quantitative estimate of drug-likeness (QED) is 0.770. The summed E-state index contributed by atoms with van der Waals surface area (Å²) in [5.74, 6) is 0.256. The van der Waals surface area contributed by atoms with E-state index >= 15 is 0 Å². The van der Waals surface area contributed by atoms with Gasteiger partial charge in [-0.3, -0.25) is 0 Å². The van der Waals surface area contributed by atoms with Gasteiger partial charge in [-0.25, -0.2) is 0 Å². The zero-order chi connectivity index (χ0) is 9.68. The molecule has 0 unspecified atom stereocenters. The molecule has 3 nitrogen and oxygen atoms in total. The van der Waals surface area contributed by atoms with Gasteiger partial charge in [0.15, 0.2) is 0 Å². The van der Waals surface area contributed by atoms with E-state index in [9.17, 15) is 5.11 Å². The van der Waals surface area contributed by atoms with Gasteiger partial charge in [-0.15, -0.1) is 0 Å². The monoisotopic (exact) mass is 182 g/mol. The third kappa shape index (κ3) is 2.72. The number of phenols is 1. The second-order valence-electron chi connectivity index (χ2n) is 2.82. The molecule has 0 saturated heterocycles. The van der Waals surface area contributed by atoms with Gasteiger partial charge >= 0.3 is 0 Å². The fourth-order valence-corrected chi connectivity index (χ4v) is 1.20. The number of rotatable bonds is 4. The molecule has 0 aliphatic heterocycles. The van der Waals surface area contributed by atoms with E-state index < -0.39 is 0 Å². The van der Waals surface area contributed by atoms with Crippen molar-refractivity contribution in [3.8, 4) is 5.75 Å². The maximum absolute atomic E-state index is 9.24. The predicted molar refractivity (Wildman–Crippen MR) is 49.5 cm³/mol. The lowest BCUT2D eigenvalue weighted by atomic mass is 10.1. The second kappa shape index (κ2) is 4.84. The number of phenolic OH excluding ortho intramolecular Hbond substituents is 1. The Morgan fingerprint density at radius 2 is 1.69 bits per heavy atom. The summed E-state index contributed by atoms with van der Waals surface area (Å²) in [6.07, 6.45) is 0. The lowest BCUT2D eigenvalue weighted by Gasteiger charge is -2.08. The first-order chi connectivity index (χ1) is 6.27. The highest BCUT2D eigenvalue weighted by molar-refractivity contribution is 5.34. The summed E-state index contributed by atoms with van der Waals surface area (Å²) in [5, 5.41) is 9.24. The van der Waals surface area contributed by atoms with Crippen LogP contribution in [0.1, 0.15) is 11.1 Å². The van der Waals surface area contributed by atoms with Gasteiger partial charge < -0.3 is 14.6 Å². The zero-order valence-corrected chi connectivity index (χ0v) is 7.91. The largest absolute Gasteiger partial charge is 0.508 e. The van der Waals surface area contributed by atoms with Crippen molar-refractivity contribution in [1.82, 2.24) is 0 Å². The van der Waals surface area contributed by atoms with E-state index in [1.165, 1.54) is 0 Å². The lowest BCUT2D eigenvalue weighted by molar-refractivity contribution is 0.168. The van der Waals surface area contributed by atoms with Gasteiger partial charge in [-0.2, -0.15) is 0 Å². The highest BCUT2D eigenvalue weighted by Gasteiger charge is 2.02. The summed E-state index contributed by atoms with van der Waals surface area (Å²) in [6.45, 7) is 1.03. The van der Waals surface area contributed by atoms with Crippen LogP contribution in [0.25, 0.3) is 0 Å². The standard InChI is InChI=1S/C10H14O3/c1-12-6-8-3-4-10(11)5-9(8)7-13-2/h3-5,11H,6-7H2,1-2H3. The summed E-state index contributed by atoms with van der Waals surface area (Å²) in [7, 11) is 3.27. The Labute approximate surface area is 77.9 Å². The van der Waals surface area contributed by atoms with Gasteiger partial charge in [-0.05, 0) is 23.3 Å². The molecule has 1 N–H and O–H groups in total. The highest BCUT2D eigenvalue weighted by Crippen LogP contribution is 2.17. The molecular weight excluding hydrogens is 168 g/mol. The molecule has 0 aromatic heterocycles. The summed E-state index contributed by atoms with van der Waals surface area (Å²) in [5.41, 5.74) is 2.01. The van der Waals surface area contributed by atoms with Crippen molar-refractivity contribution in [1.29, 1.82) is 0 Å². The molecule has 0 aliphatic rings. The van der Waals surface area contributed by atoms with Crippen LogP contribution in [0.5, 0.6) is 5.75 Å². The summed E-state index contributed by atoms with van der Waals surface area (Å²) in [4.78, 5) is 0. The molecule has 13 heavy (non-hydrogen) atoms. The first kappa shape index (κ1) is 10.0. The Balaban J connectivity index is 2.89. The van der Waals surface area contributed by atoms with Crippen molar-refractivity contribution in [3.63, 3.8) is 0 Å². The first-order valence-corrected chi connectivity index (χ1v) is 4.06. The van der Waals surface area contributed by atoms with Crippen molar-refractivity contribution in [2.45, 2.75) is 13.2 Å². The average molecular weight is 182 g/mol. The summed E-state index contributed by atoms with van der Waals surface area (Å²) < 4.78 is 10.0. The van der Waals surface area contributed by atoms with Crippen LogP contribution in [0.3, 0.4) is 0 Å². The van der Waals surface area contributed by atoms with Gasteiger partial charge in [-0.1, -0.05) is 6.07 Å². The van der Waals surface area contributed by atoms with E-state index in [-0.39, 0.29) is 5.75 Å². The van der Waals surface area contributed by atoms with Crippen molar-refractivity contribution >= 4 is 0 Å². The van der Waals surface area contributed by atoms with Crippen molar-refractivity contribution in [2.24, 2.45) is 0 Å². The molecular formula is C10H14O3. The van der Waals surface area contributed by atoms with Crippen LogP contribution in [0.15, 0.2) is 18.2 Å². The van der Waals surface area contributed by atoms with Gasteiger partial charge in [0.2, 0.25) is 0 Å². The van der Waals surface area contributed by atoms with Crippen LogP contribution in [0.4, 0.5) is 0 Å². The molecule has 3 heteroatoms. The second-order valence-corrected chi connectivity index (χ2v) is 2.82. The predicted octanol–water partition coefficient (Wildman–Crippen LogP) is 1.68. The zero-order valence-electron chi connectivity index (χ0n) is 7.91. The molecule has 0 atom stereocenters. The maximum Gasteiger partial charge on any atom is 0.115 e. The molecule has 0 amide bonds. The molecule has 0 saturated carbocycles. The third-order valence-corrected chi connectivity index (χ3v) is 1.79. The van der Waals surface area contributed by atoms with Gasteiger partial charge in [0.25, 0.3) is 0 Å². The number of ether oxygens (including phenoxy) is 2. The normalized spacial score (nSPS) is 10.3. The van der Waals surface area contributed by atoms with E-state index in [1.54, 1.807) is 26.4 Å². The third-order valence-electron chi connectivity index (χ3n) is 1.79. The molecule has 1 aromatic rings. The van der Waals surface area contributed by atoms with E-state index in [1.807, 2.05) is 6.07 Å². The minimum Gasteiger partial charge on any atom is -0.508 e. The Morgan fingerprint density at radius 3 is 2.31 bits per heavy atom. The van der Waals surface area contributed by atoms with Crippen LogP contribution < -0.4 is 0 Å². The molecule has 1 rings (SSSR count). The Kier molecular flexibility index (Phi) is 3.73. The number of hydrogen-bond donors (Lipinski definition) is 1. The molecule has 0 heterocycles. The average Bonchev–Trinajstić information content (AvgIpc) is 2.10. The molecule has 0 aliphatic carbocycles. The van der Waals surface area contributed by atoms with Gasteiger partial charge in [0.05, 0.1) is 13.2 Å². The molecule has 0 fully saturated rings. The Bertz CT molecular complexity index is 271. The van der Waals surface area contributed by atoms with Gasteiger partial charge in [0.1, 0.15) is 5.75 Å². The SMILES string of the molecule is COCc1ccc(O)cc1COC. The number of hydrogen-bond acceptors (Lipinski definition) is 3. The van der Waals surface area contributed by atoms with Crippen molar-refractivity contribution in [3.05, 3.63) is 29.3 Å². The minimum absolute atomic E-state index is 0.256. The molecule has 72 valence electrons. The maximum atomic E-state index is 9.24. The fourth-order valence-electron chi connectivity index (χ4n) is 1.20. The Morgan fingerprint density at radius 1 is 1.08 bits per heavy atom. The van der Waals surface area contributed by atoms with Gasteiger partial charge in [0, 0.05) is 14.2 Å². The number of methoxy groups -OCH3 is 2. The van der Waals surface area contributed by atoms with E-state index in [0.29, 0.717) is 13.2 Å². The van der Waals surface area contributed by atoms with Crippen molar-refractivity contribution < 1.29 is 14.6 Å². The van der Waals surface area contributed by atoms with Crippen LogP contribution in [0, 0.1) is 0 Å². The minimum atomic E-state index is 0.256. The number of aromatic hydroxyl groups is 1. The van der Waals surface area contributed by atoms with Crippen LogP contribution >= 0.6 is 0 Å². The van der Waals surface area contributed by atoms with Crippen LogP contribution in [-0.4, -0.2) is 19.3 Å². The van der Waals surface area contributed by atoms with E-state index in [4.69, 9.17) is 9.47 Å². The summed E-state index contributed by atoms with van der Waals surface area (Å²) >= 11 is 0. The summed E-state index contributed by atoms with van der Waals surface area (Å²) in [6, 6.07) is 5.18. The number of benzene rings is 1. The van der Waals surface area contributed by atoms with Crippen LogP contribution in [-0.2, 0) is 22.7 Å². The first-order valence-electron chi connectivity index (χ1n) is 4.06. The lowest BCUT2D eigenvalue weighted by Crippen LogP contribution is -1.96. The topological polar surface area (TPSA) is 38.7 Å². The molecule has 1 aromatic carbocycles. The van der Waals surface area contributed by atoms with E-state index in [2.05, 4.69) is 0 Å². The fraction of sp³-hybridized carbons (Fsp3) is 0.400. The van der Waals surface area contributed by atoms with Crippen molar-refractivity contribution in [2.75, 3.05) is 14.2 Å². The van der Waals surface area contributed by atoms with Crippen LogP contribution in [0.2, 0.25) is 0 Å². The smallest absolute Gasteiger partial charge is 0.115 e. The molecule has 0 spiro atoms. The molecule has 0 radical (unpaired) electrons. The Hall–Kier alpha value is -1.06.